The van der Waals surface area contributed by atoms with Gasteiger partial charge in [-0.2, -0.15) is 0 Å². The van der Waals surface area contributed by atoms with Crippen molar-refractivity contribution >= 4 is 17.3 Å². The minimum atomic E-state index is 0.537. The highest BCUT2D eigenvalue weighted by molar-refractivity contribution is 7.80. The van der Waals surface area contributed by atoms with Crippen LogP contribution in [0, 0.1) is 5.92 Å². The molecule has 104 valence electrons. The first-order valence-electron chi connectivity index (χ1n) is 7.47. The smallest absolute Gasteiger partial charge is 0.166 e. The van der Waals surface area contributed by atoms with Crippen molar-refractivity contribution in [3.8, 4) is 0 Å². The SMILES string of the molecule is CN1CCC[C@H](NC(=S)NCC2CCCCC2)C1. The van der Waals surface area contributed by atoms with Crippen molar-refractivity contribution < 1.29 is 0 Å². The molecular weight excluding hydrogens is 242 g/mol. The molecule has 2 aliphatic rings. The Hall–Kier alpha value is -0.350. The van der Waals surface area contributed by atoms with Gasteiger partial charge in [-0.05, 0) is 57.4 Å². The number of likely N-dealkylation sites (N-methyl/N-ethyl adjacent to an activating group) is 1. The maximum atomic E-state index is 5.40. The van der Waals surface area contributed by atoms with E-state index in [-0.39, 0.29) is 0 Å². The summed E-state index contributed by atoms with van der Waals surface area (Å²) in [5.41, 5.74) is 0. The van der Waals surface area contributed by atoms with E-state index in [2.05, 4.69) is 22.6 Å². The number of piperidine rings is 1. The van der Waals surface area contributed by atoms with Crippen LogP contribution in [0.25, 0.3) is 0 Å². The second-order valence-corrected chi connectivity index (χ2v) is 6.37. The van der Waals surface area contributed by atoms with Crippen molar-refractivity contribution in [3.05, 3.63) is 0 Å². The van der Waals surface area contributed by atoms with Gasteiger partial charge < -0.3 is 15.5 Å². The lowest BCUT2D eigenvalue weighted by Crippen LogP contribution is -2.50. The molecule has 0 aromatic rings. The summed E-state index contributed by atoms with van der Waals surface area (Å²) in [6.07, 6.45) is 9.51. The lowest BCUT2D eigenvalue weighted by Gasteiger charge is -2.31. The van der Waals surface area contributed by atoms with Crippen LogP contribution in [0.4, 0.5) is 0 Å². The minimum Gasteiger partial charge on any atom is -0.362 e. The molecule has 0 aromatic heterocycles. The van der Waals surface area contributed by atoms with Gasteiger partial charge >= 0.3 is 0 Å². The molecule has 0 aromatic carbocycles. The van der Waals surface area contributed by atoms with Crippen molar-refractivity contribution in [1.82, 2.24) is 15.5 Å². The van der Waals surface area contributed by atoms with Crippen LogP contribution in [0.3, 0.4) is 0 Å². The second kappa shape index (κ2) is 7.29. The first kappa shape index (κ1) is 14.1. The zero-order chi connectivity index (χ0) is 12.8. The Labute approximate surface area is 117 Å². The van der Waals surface area contributed by atoms with Crippen LogP contribution in [0.15, 0.2) is 0 Å². The first-order chi connectivity index (χ1) is 8.74. The Morgan fingerprint density at radius 2 is 1.94 bits per heavy atom. The third-order valence-corrected chi connectivity index (χ3v) is 4.50. The van der Waals surface area contributed by atoms with Crippen LogP contribution in [0.5, 0.6) is 0 Å². The van der Waals surface area contributed by atoms with Crippen molar-refractivity contribution in [2.75, 3.05) is 26.7 Å². The van der Waals surface area contributed by atoms with Gasteiger partial charge in [-0.1, -0.05) is 19.3 Å². The molecule has 1 heterocycles. The Balaban J connectivity index is 1.62. The van der Waals surface area contributed by atoms with Crippen molar-refractivity contribution in [3.63, 3.8) is 0 Å². The number of rotatable bonds is 3. The molecule has 3 nitrogen and oxygen atoms in total. The summed E-state index contributed by atoms with van der Waals surface area (Å²) in [7, 11) is 2.19. The molecular formula is C14H27N3S. The van der Waals surface area contributed by atoms with Gasteiger partial charge in [0, 0.05) is 19.1 Å². The molecule has 4 heteroatoms. The van der Waals surface area contributed by atoms with E-state index in [1.165, 1.54) is 51.5 Å². The monoisotopic (exact) mass is 269 g/mol. The van der Waals surface area contributed by atoms with Crippen LogP contribution in [0.2, 0.25) is 0 Å². The predicted octanol–water partition coefficient (Wildman–Crippen LogP) is 2.12. The van der Waals surface area contributed by atoms with E-state index in [4.69, 9.17) is 12.2 Å². The fourth-order valence-electron chi connectivity index (χ4n) is 3.15. The molecule has 1 saturated carbocycles. The van der Waals surface area contributed by atoms with Crippen LogP contribution in [-0.4, -0.2) is 42.7 Å². The van der Waals surface area contributed by atoms with Gasteiger partial charge in [0.15, 0.2) is 5.11 Å². The molecule has 0 bridgehead atoms. The summed E-state index contributed by atoms with van der Waals surface area (Å²) in [4.78, 5) is 2.38. The number of likely N-dealkylation sites (tertiary alicyclic amines) is 1. The summed E-state index contributed by atoms with van der Waals surface area (Å²) in [5, 5.41) is 7.75. The molecule has 0 unspecified atom stereocenters. The summed E-state index contributed by atoms with van der Waals surface area (Å²) in [5.74, 6) is 0.840. The molecule has 0 spiro atoms. The molecule has 18 heavy (non-hydrogen) atoms. The normalized spacial score (nSPS) is 26.8. The quantitative estimate of drug-likeness (QED) is 0.768. The second-order valence-electron chi connectivity index (χ2n) is 5.96. The van der Waals surface area contributed by atoms with Gasteiger partial charge in [-0.25, -0.2) is 0 Å². The third kappa shape index (κ3) is 4.73. The molecule has 2 fully saturated rings. The molecule has 1 aliphatic heterocycles. The van der Waals surface area contributed by atoms with Crippen molar-refractivity contribution in [2.24, 2.45) is 5.92 Å². The third-order valence-electron chi connectivity index (χ3n) is 4.24. The molecule has 1 saturated heterocycles. The highest BCUT2D eigenvalue weighted by Crippen LogP contribution is 2.22. The predicted molar refractivity (Wildman–Crippen MR) is 80.8 cm³/mol. The molecule has 2 rings (SSSR count). The number of hydrogen-bond acceptors (Lipinski definition) is 2. The molecule has 2 N–H and O–H groups in total. The number of hydrogen-bond donors (Lipinski definition) is 2. The Morgan fingerprint density at radius 1 is 1.17 bits per heavy atom. The lowest BCUT2D eigenvalue weighted by molar-refractivity contribution is 0.240. The average Bonchev–Trinajstić information content (AvgIpc) is 2.38. The number of thiocarbonyl (C=S) groups is 1. The highest BCUT2D eigenvalue weighted by Gasteiger charge is 2.18. The summed E-state index contributed by atoms with van der Waals surface area (Å²) < 4.78 is 0. The Morgan fingerprint density at radius 3 is 2.67 bits per heavy atom. The summed E-state index contributed by atoms with van der Waals surface area (Å²) in [6, 6.07) is 0.537. The van der Waals surface area contributed by atoms with Crippen molar-refractivity contribution in [1.29, 1.82) is 0 Å². The molecule has 0 radical (unpaired) electrons. The van der Waals surface area contributed by atoms with Gasteiger partial charge in [0.05, 0.1) is 0 Å². The molecule has 1 atom stereocenters. The highest BCUT2D eigenvalue weighted by atomic mass is 32.1. The zero-order valence-corrected chi connectivity index (χ0v) is 12.4. The molecule has 0 amide bonds. The van der Waals surface area contributed by atoms with E-state index in [0.29, 0.717) is 6.04 Å². The van der Waals surface area contributed by atoms with Crippen LogP contribution >= 0.6 is 12.2 Å². The fraction of sp³-hybridized carbons (Fsp3) is 0.929. The van der Waals surface area contributed by atoms with E-state index in [9.17, 15) is 0 Å². The first-order valence-corrected chi connectivity index (χ1v) is 7.88. The largest absolute Gasteiger partial charge is 0.362 e. The Kier molecular flexibility index (Phi) is 5.70. The number of nitrogens with one attached hydrogen (secondary N) is 2. The van der Waals surface area contributed by atoms with Crippen LogP contribution < -0.4 is 10.6 Å². The summed E-state index contributed by atoms with van der Waals surface area (Å²) in [6.45, 7) is 3.40. The van der Waals surface area contributed by atoms with Gasteiger partial charge in [0.2, 0.25) is 0 Å². The van der Waals surface area contributed by atoms with Crippen molar-refractivity contribution in [2.45, 2.75) is 51.0 Å². The van der Waals surface area contributed by atoms with Gasteiger partial charge in [0.25, 0.3) is 0 Å². The lowest BCUT2D eigenvalue weighted by atomic mass is 9.89. The van der Waals surface area contributed by atoms with Gasteiger partial charge in [-0.3, -0.25) is 0 Å². The van der Waals surface area contributed by atoms with Gasteiger partial charge in [0.1, 0.15) is 0 Å². The van der Waals surface area contributed by atoms with Crippen LogP contribution in [-0.2, 0) is 0 Å². The van der Waals surface area contributed by atoms with Crippen LogP contribution in [0.1, 0.15) is 44.9 Å². The fourth-order valence-corrected chi connectivity index (χ4v) is 3.40. The maximum absolute atomic E-state index is 5.40. The topological polar surface area (TPSA) is 27.3 Å². The average molecular weight is 269 g/mol. The maximum Gasteiger partial charge on any atom is 0.166 e. The number of nitrogens with zero attached hydrogens (tertiary/aromatic N) is 1. The summed E-state index contributed by atoms with van der Waals surface area (Å²) >= 11 is 5.40. The van der Waals surface area contributed by atoms with Gasteiger partial charge in [-0.15, -0.1) is 0 Å². The molecule has 1 aliphatic carbocycles. The van der Waals surface area contributed by atoms with E-state index in [1.807, 2.05) is 0 Å². The van der Waals surface area contributed by atoms with E-state index in [1.54, 1.807) is 0 Å². The standard InChI is InChI=1S/C14H27N3S/c1-17-9-5-8-13(11-17)16-14(18)15-10-12-6-3-2-4-7-12/h12-13H,2-11H2,1H3,(H2,15,16,18)/t13-/m0/s1. The zero-order valence-electron chi connectivity index (χ0n) is 11.6. The van der Waals surface area contributed by atoms with E-state index in [0.717, 1.165) is 24.1 Å². The van der Waals surface area contributed by atoms with E-state index < -0.39 is 0 Å². The minimum absolute atomic E-state index is 0.537. The Bertz CT molecular complexity index is 264. The van der Waals surface area contributed by atoms with E-state index >= 15 is 0 Å².